The zero-order valence-electron chi connectivity index (χ0n) is 11.4. The molecular formula is C15H15FN2O3. The zero-order valence-corrected chi connectivity index (χ0v) is 11.4. The molecule has 6 heteroatoms. The van der Waals surface area contributed by atoms with Crippen LogP contribution in [0.15, 0.2) is 42.5 Å². The second-order valence-corrected chi connectivity index (χ2v) is 4.69. The fourth-order valence-electron chi connectivity index (χ4n) is 1.92. The van der Waals surface area contributed by atoms with Crippen LogP contribution in [0.2, 0.25) is 0 Å². The average molecular weight is 290 g/mol. The fourth-order valence-corrected chi connectivity index (χ4v) is 1.92. The summed E-state index contributed by atoms with van der Waals surface area (Å²) in [7, 11) is 0. The highest BCUT2D eigenvalue weighted by atomic mass is 19.1. The molecule has 2 aromatic carbocycles. The minimum absolute atomic E-state index is 0.265. The number of rotatable bonds is 5. The largest absolute Gasteiger partial charge is 0.389 e. The SMILES string of the molecule is CC(O)c1ccc(CNc2ccc(F)cc2[N+](=O)[O-])cc1. The first-order valence-electron chi connectivity index (χ1n) is 6.42. The summed E-state index contributed by atoms with van der Waals surface area (Å²) >= 11 is 0. The van der Waals surface area contributed by atoms with E-state index in [4.69, 9.17) is 0 Å². The predicted octanol–water partition coefficient (Wildman–Crippen LogP) is 3.40. The molecule has 0 aliphatic heterocycles. The van der Waals surface area contributed by atoms with Crippen LogP contribution in [-0.2, 0) is 6.54 Å². The summed E-state index contributed by atoms with van der Waals surface area (Å²) in [6, 6.07) is 10.6. The lowest BCUT2D eigenvalue weighted by Gasteiger charge is -2.09. The van der Waals surface area contributed by atoms with E-state index in [0.29, 0.717) is 6.54 Å². The molecule has 2 N–H and O–H groups in total. The van der Waals surface area contributed by atoms with Gasteiger partial charge in [-0.1, -0.05) is 24.3 Å². The Morgan fingerprint density at radius 1 is 1.29 bits per heavy atom. The molecule has 0 aromatic heterocycles. The maximum absolute atomic E-state index is 13.0. The Balaban J connectivity index is 2.11. The van der Waals surface area contributed by atoms with Gasteiger partial charge in [-0.15, -0.1) is 0 Å². The van der Waals surface area contributed by atoms with E-state index in [2.05, 4.69) is 5.32 Å². The van der Waals surface area contributed by atoms with Crippen molar-refractivity contribution >= 4 is 11.4 Å². The van der Waals surface area contributed by atoms with E-state index >= 15 is 0 Å². The van der Waals surface area contributed by atoms with Gasteiger partial charge >= 0.3 is 0 Å². The third-order valence-electron chi connectivity index (χ3n) is 3.10. The van der Waals surface area contributed by atoms with E-state index < -0.39 is 16.8 Å². The van der Waals surface area contributed by atoms with Gasteiger partial charge in [0, 0.05) is 6.54 Å². The molecule has 0 aliphatic carbocycles. The Kier molecular flexibility index (Phi) is 4.49. The normalized spacial score (nSPS) is 12.0. The van der Waals surface area contributed by atoms with Crippen LogP contribution in [0.4, 0.5) is 15.8 Å². The van der Waals surface area contributed by atoms with E-state index in [1.165, 1.54) is 12.1 Å². The van der Waals surface area contributed by atoms with Gasteiger partial charge in [0.1, 0.15) is 11.5 Å². The number of hydrogen-bond donors (Lipinski definition) is 2. The number of benzene rings is 2. The quantitative estimate of drug-likeness (QED) is 0.653. The van der Waals surface area contributed by atoms with Gasteiger partial charge < -0.3 is 10.4 Å². The average Bonchev–Trinajstić information content (AvgIpc) is 2.46. The molecule has 110 valence electrons. The lowest BCUT2D eigenvalue weighted by atomic mass is 10.1. The Morgan fingerprint density at radius 3 is 2.52 bits per heavy atom. The van der Waals surface area contributed by atoms with E-state index in [9.17, 15) is 19.6 Å². The lowest BCUT2D eigenvalue weighted by Crippen LogP contribution is -2.03. The molecule has 0 saturated heterocycles. The molecule has 0 saturated carbocycles. The van der Waals surface area contributed by atoms with Gasteiger partial charge in [0.15, 0.2) is 0 Å². The number of hydrogen-bond acceptors (Lipinski definition) is 4. The molecule has 2 aromatic rings. The van der Waals surface area contributed by atoms with Crippen molar-refractivity contribution in [1.82, 2.24) is 0 Å². The van der Waals surface area contributed by atoms with Gasteiger partial charge in [-0.05, 0) is 30.2 Å². The maximum Gasteiger partial charge on any atom is 0.295 e. The summed E-state index contributed by atoms with van der Waals surface area (Å²) < 4.78 is 13.0. The first-order valence-corrected chi connectivity index (χ1v) is 6.42. The molecule has 2 rings (SSSR count). The van der Waals surface area contributed by atoms with Crippen molar-refractivity contribution in [3.05, 3.63) is 69.5 Å². The minimum Gasteiger partial charge on any atom is -0.389 e. The molecule has 0 amide bonds. The van der Waals surface area contributed by atoms with Crippen molar-refractivity contribution in [2.75, 3.05) is 5.32 Å². The maximum atomic E-state index is 13.0. The molecular weight excluding hydrogens is 275 g/mol. The molecule has 1 atom stereocenters. The summed E-state index contributed by atoms with van der Waals surface area (Å²) in [6.45, 7) is 2.04. The second-order valence-electron chi connectivity index (χ2n) is 4.69. The van der Waals surface area contributed by atoms with Gasteiger partial charge in [0.25, 0.3) is 5.69 Å². The van der Waals surface area contributed by atoms with Gasteiger partial charge in [-0.3, -0.25) is 10.1 Å². The van der Waals surface area contributed by atoms with E-state index in [1.54, 1.807) is 19.1 Å². The van der Waals surface area contributed by atoms with Crippen molar-refractivity contribution in [1.29, 1.82) is 0 Å². The molecule has 0 heterocycles. The van der Waals surface area contributed by atoms with Crippen molar-refractivity contribution in [3.8, 4) is 0 Å². The van der Waals surface area contributed by atoms with Crippen LogP contribution in [-0.4, -0.2) is 10.0 Å². The zero-order chi connectivity index (χ0) is 15.4. The Bertz CT molecular complexity index is 642. The van der Waals surface area contributed by atoms with Crippen LogP contribution in [0.3, 0.4) is 0 Å². The van der Waals surface area contributed by atoms with Gasteiger partial charge in [-0.2, -0.15) is 0 Å². The third kappa shape index (κ3) is 3.76. The monoisotopic (exact) mass is 290 g/mol. The molecule has 0 bridgehead atoms. The third-order valence-corrected chi connectivity index (χ3v) is 3.10. The summed E-state index contributed by atoms with van der Waals surface area (Å²) in [5, 5.41) is 23.2. The van der Waals surface area contributed by atoms with Crippen molar-refractivity contribution in [2.24, 2.45) is 0 Å². The standard InChI is InChI=1S/C15H15FN2O3/c1-10(19)12-4-2-11(3-5-12)9-17-14-7-6-13(16)8-15(14)18(20)21/h2-8,10,17,19H,9H2,1H3. The smallest absolute Gasteiger partial charge is 0.295 e. The summed E-state index contributed by atoms with van der Waals surface area (Å²) in [5.74, 6) is -0.645. The molecule has 5 nitrogen and oxygen atoms in total. The molecule has 0 fully saturated rings. The molecule has 0 radical (unpaired) electrons. The van der Waals surface area contributed by atoms with Crippen LogP contribution in [0, 0.1) is 15.9 Å². The predicted molar refractivity (Wildman–Crippen MR) is 77.5 cm³/mol. The molecule has 0 aliphatic rings. The number of nitro groups is 1. The topological polar surface area (TPSA) is 75.4 Å². The summed E-state index contributed by atoms with van der Waals surface area (Å²) in [4.78, 5) is 10.3. The highest BCUT2D eigenvalue weighted by Gasteiger charge is 2.14. The van der Waals surface area contributed by atoms with E-state index in [-0.39, 0.29) is 11.4 Å². The minimum atomic E-state index is -0.645. The highest BCUT2D eigenvalue weighted by Crippen LogP contribution is 2.25. The molecule has 1 unspecified atom stereocenters. The van der Waals surface area contributed by atoms with E-state index in [0.717, 1.165) is 17.2 Å². The number of aliphatic hydroxyl groups excluding tert-OH is 1. The van der Waals surface area contributed by atoms with Crippen LogP contribution in [0.25, 0.3) is 0 Å². The molecule has 21 heavy (non-hydrogen) atoms. The molecule has 0 spiro atoms. The second kappa shape index (κ2) is 6.32. The number of nitrogens with zero attached hydrogens (tertiary/aromatic N) is 1. The van der Waals surface area contributed by atoms with Crippen LogP contribution in [0.1, 0.15) is 24.2 Å². The summed E-state index contributed by atoms with van der Waals surface area (Å²) in [6.07, 6.45) is -0.537. The fraction of sp³-hybridized carbons (Fsp3) is 0.200. The number of anilines is 1. The van der Waals surface area contributed by atoms with Crippen LogP contribution >= 0.6 is 0 Å². The van der Waals surface area contributed by atoms with Crippen molar-refractivity contribution in [2.45, 2.75) is 19.6 Å². The van der Waals surface area contributed by atoms with Crippen molar-refractivity contribution in [3.63, 3.8) is 0 Å². The number of aliphatic hydroxyl groups is 1. The summed E-state index contributed by atoms with van der Waals surface area (Å²) in [5.41, 5.74) is 1.67. The van der Waals surface area contributed by atoms with Crippen molar-refractivity contribution < 1.29 is 14.4 Å². The van der Waals surface area contributed by atoms with Gasteiger partial charge in [0.2, 0.25) is 0 Å². The highest BCUT2D eigenvalue weighted by molar-refractivity contribution is 5.61. The van der Waals surface area contributed by atoms with Gasteiger partial charge in [-0.25, -0.2) is 4.39 Å². The first-order chi connectivity index (χ1) is 9.97. The van der Waals surface area contributed by atoms with E-state index in [1.807, 2.05) is 12.1 Å². The number of nitrogens with one attached hydrogen (secondary N) is 1. The van der Waals surface area contributed by atoms with Crippen LogP contribution < -0.4 is 5.32 Å². The first kappa shape index (κ1) is 14.9. The Hall–Kier alpha value is -2.47. The van der Waals surface area contributed by atoms with Gasteiger partial charge in [0.05, 0.1) is 17.1 Å². The Morgan fingerprint density at radius 2 is 1.95 bits per heavy atom. The Labute approximate surface area is 121 Å². The van der Waals surface area contributed by atoms with Crippen LogP contribution in [0.5, 0.6) is 0 Å². The lowest BCUT2D eigenvalue weighted by molar-refractivity contribution is -0.384. The number of nitro benzene ring substituents is 1. The number of halogens is 1.